The van der Waals surface area contributed by atoms with Gasteiger partial charge in [0.2, 0.25) is 6.61 Å². The Kier molecular flexibility index (Phi) is 20.6. The number of anilines is 1. The van der Waals surface area contributed by atoms with E-state index in [-0.39, 0.29) is 78.7 Å². The Hall–Kier alpha value is -3.53. The summed E-state index contributed by atoms with van der Waals surface area (Å²) in [5.74, 6) is -3.91. The number of carbonyl (C=O) groups is 5. The topological polar surface area (TPSA) is 269 Å². The van der Waals surface area contributed by atoms with Crippen LogP contribution in [-0.4, -0.2) is 136 Å². The number of ether oxygens (including phenoxy) is 1. The minimum Gasteiger partial charge on any atom is -0.504 e. The Morgan fingerprint density at radius 2 is 1.84 bits per heavy atom. The average Bonchev–Trinajstić information content (AvgIpc) is 3.80. The third-order valence-electron chi connectivity index (χ3n) is 8.25. The van der Waals surface area contributed by atoms with Gasteiger partial charge in [0.25, 0.3) is 17.7 Å². The molecule has 3 amide bonds. The van der Waals surface area contributed by atoms with E-state index in [1.54, 1.807) is 0 Å². The van der Waals surface area contributed by atoms with Gasteiger partial charge in [-0.1, -0.05) is 30.6 Å². The van der Waals surface area contributed by atoms with E-state index in [0.717, 1.165) is 53.9 Å². The second kappa shape index (κ2) is 22.9. The van der Waals surface area contributed by atoms with E-state index in [0.29, 0.717) is 18.8 Å². The predicted octanol–water partition coefficient (Wildman–Crippen LogP) is 1.51. The van der Waals surface area contributed by atoms with E-state index in [2.05, 4.69) is 20.8 Å². The van der Waals surface area contributed by atoms with Crippen LogP contribution in [0.25, 0.3) is 0 Å². The number of β-lactam (4-membered cyclic amide) rings is 1. The van der Waals surface area contributed by atoms with Crippen LogP contribution >= 0.6 is 34.7 Å². The molecule has 1 aromatic carbocycles. The smallest absolute Gasteiger partial charge is 0.355 e. The average molecular weight is 904 g/mol. The van der Waals surface area contributed by atoms with Gasteiger partial charge in [-0.3, -0.25) is 19.3 Å². The fourth-order valence-corrected chi connectivity index (χ4v) is 7.99. The molecule has 1 aromatic heterocycles. The van der Waals surface area contributed by atoms with Gasteiger partial charge in [0.15, 0.2) is 22.3 Å². The molecule has 0 aliphatic carbocycles. The number of thioether (sulfide) groups is 1. The molecule has 1 radical (unpaired) electrons. The number of benzene rings is 1. The van der Waals surface area contributed by atoms with Crippen LogP contribution in [-0.2, 0) is 61.5 Å². The number of quaternary nitrogens is 1. The number of nitrogens with zero attached hydrogens (tertiary/aromatic N) is 4. The van der Waals surface area contributed by atoms with Crippen LogP contribution in [0.5, 0.6) is 11.5 Å². The number of carboxylic acids is 1. The Morgan fingerprint density at radius 1 is 1.18 bits per heavy atom. The molecule has 18 nitrogen and oxygen atoms in total. The monoisotopic (exact) mass is 903 g/mol. The third kappa shape index (κ3) is 12.0. The molecule has 9 N–H and O–H groups in total. The maximum atomic E-state index is 13.3. The number of amides is 3. The van der Waals surface area contributed by atoms with Gasteiger partial charge in [-0.2, -0.15) is 0 Å². The number of esters is 1. The summed E-state index contributed by atoms with van der Waals surface area (Å²) in [6, 6.07) is 1.58. The van der Waals surface area contributed by atoms with E-state index in [9.17, 15) is 24.0 Å². The number of nitrogens with one attached hydrogen (secondary N) is 2. The SMILES string of the molecule is CC.CNC(=O)c1ccc(O)c(O)c1Cl.COC(=O)C1=C(C[N+]2(CCN)CCCC2)CS[C@@H]2[C@H](NC(=O)/C(=N\OCC(=O)O)c3csc(N)n3)C(=O)N12.[CH3-].[Y]. The van der Waals surface area contributed by atoms with Crippen molar-refractivity contribution in [2.45, 2.75) is 38.1 Å². The van der Waals surface area contributed by atoms with Crippen LogP contribution < -0.4 is 22.1 Å². The Morgan fingerprint density at radius 3 is 2.38 bits per heavy atom. The molecule has 0 spiro atoms. The van der Waals surface area contributed by atoms with Crippen molar-refractivity contribution in [1.82, 2.24) is 20.5 Å². The summed E-state index contributed by atoms with van der Waals surface area (Å²) in [4.78, 5) is 71.2. The normalized spacial score (nSPS) is 18.0. The molecule has 2 aromatic rings. The number of methoxy groups -OCH3 is 1. The van der Waals surface area contributed by atoms with E-state index in [1.807, 2.05) is 13.8 Å². The first kappa shape index (κ1) is 49.5. The number of rotatable bonds is 12. The van der Waals surface area contributed by atoms with Crippen molar-refractivity contribution >= 4 is 75.2 Å². The maximum Gasteiger partial charge on any atom is 0.355 e. The van der Waals surface area contributed by atoms with Crippen molar-refractivity contribution in [2.75, 3.05) is 65.0 Å². The number of carboxylic acid groups (broad SMARTS) is 1. The van der Waals surface area contributed by atoms with Gasteiger partial charge in [-0.15, -0.1) is 23.1 Å². The number of phenols is 2. The molecule has 2 atom stereocenters. The zero-order valence-electron chi connectivity index (χ0n) is 31.2. The number of halogens is 1. The van der Waals surface area contributed by atoms with Crippen LogP contribution in [0.2, 0.25) is 5.02 Å². The second-order valence-corrected chi connectivity index (χ2v) is 13.9. The number of fused-ring (bicyclic) bond motifs is 1. The van der Waals surface area contributed by atoms with Gasteiger partial charge in [0.05, 0.1) is 37.3 Å². The molecule has 4 heterocycles. The van der Waals surface area contributed by atoms with Crippen molar-refractivity contribution in [2.24, 2.45) is 10.9 Å². The number of nitrogen functional groups attached to an aromatic ring is 1. The summed E-state index contributed by atoms with van der Waals surface area (Å²) in [7, 11) is 2.72. The van der Waals surface area contributed by atoms with Gasteiger partial charge in [-0.25, -0.2) is 14.6 Å². The Balaban J connectivity index is 0.000000754. The summed E-state index contributed by atoms with van der Waals surface area (Å²) in [5, 5.41) is 36.5. The van der Waals surface area contributed by atoms with E-state index in [1.165, 1.54) is 48.3 Å². The van der Waals surface area contributed by atoms with Gasteiger partial charge in [-0.05, 0) is 12.1 Å². The number of thiazole rings is 1. The molecular formula is C33H47ClN8O10S2Y. The Labute approximate surface area is 357 Å². The predicted molar refractivity (Wildman–Crippen MR) is 205 cm³/mol. The fraction of sp³-hybridized carbons (Fsp3) is 0.455. The first-order chi connectivity index (χ1) is 25.3. The maximum absolute atomic E-state index is 13.3. The molecule has 5 rings (SSSR count). The van der Waals surface area contributed by atoms with Crippen LogP contribution in [0.1, 0.15) is 42.7 Å². The summed E-state index contributed by atoms with van der Waals surface area (Å²) >= 11 is 8.10. The van der Waals surface area contributed by atoms with Crippen LogP contribution in [0.15, 0.2) is 33.9 Å². The first-order valence-corrected chi connectivity index (χ1v) is 18.7. The number of likely N-dealkylation sites (tertiary alicyclic amines) is 1. The van der Waals surface area contributed by atoms with Crippen molar-refractivity contribution in [3.05, 3.63) is 52.5 Å². The fourth-order valence-electron chi connectivity index (χ4n) is 5.86. The minimum atomic E-state index is -1.28. The summed E-state index contributed by atoms with van der Waals surface area (Å²) in [5.41, 5.74) is 12.5. The quantitative estimate of drug-likeness (QED) is 0.0303. The largest absolute Gasteiger partial charge is 0.504 e. The first-order valence-electron chi connectivity index (χ1n) is 16.4. The van der Waals surface area contributed by atoms with Gasteiger partial charge in [0, 0.05) is 75.8 Å². The molecule has 0 saturated carbocycles. The summed E-state index contributed by atoms with van der Waals surface area (Å²) in [6.45, 7) is 7.06. The molecule has 2 saturated heterocycles. The molecular weight excluding hydrogens is 857 g/mol. The van der Waals surface area contributed by atoms with E-state index in [4.69, 9.17) is 48.0 Å². The van der Waals surface area contributed by atoms with E-state index < -0.39 is 53.4 Å². The number of aromatic hydroxyl groups is 2. The van der Waals surface area contributed by atoms with Crippen LogP contribution in [0, 0.1) is 7.43 Å². The second-order valence-electron chi connectivity index (χ2n) is 11.5. The van der Waals surface area contributed by atoms with Crippen molar-refractivity contribution < 1.29 is 86.1 Å². The molecule has 22 heteroatoms. The zero-order valence-corrected chi connectivity index (χ0v) is 36.4. The van der Waals surface area contributed by atoms with Crippen LogP contribution in [0.4, 0.5) is 5.13 Å². The van der Waals surface area contributed by atoms with E-state index >= 15 is 0 Å². The number of hydrogen-bond donors (Lipinski definition) is 7. The molecule has 2 fully saturated rings. The van der Waals surface area contributed by atoms with Crippen molar-refractivity contribution in [3.8, 4) is 11.5 Å². The van der Waals surface area contributed by atoms with Gasteiger partial charge < -0.3 is 58.9 Å². The summed E-state index contributed by atoms with van der Waals surface area (Å²) in [6.07, 6.45) is 2.16. The molecule has 0 unspecified atom stereocenters. The standard InChI is InChI=1S/C22H29N7O7S2.C8H8ClNO3.C2H6.CH3.Y/c1-35-21(34)17-12(8-29(7-4-23)5-2-3-6-29)10-37-20-16(19(33)28(17)20)26-18(32)15(27-36-9-14(30)31)13-11-38-22(24)25-13;1-10-8(13)4-2-3-5(11)7(12)6(4)9;1-2;;/h11,16,20H,2-10,23H2,1H3,(H3-,24,25,26,30,31,32);2-3,11-12H,1H3,(H,10,13);1-2H3;1H3;/q;;;-1;/p+1/b27-15-;;;;/t16-,20-;;;;/m1..../s1. The Bertz CT molecular complexity index is 1760. The molecule has 3 aliphatic heterocycles. The summed E-state index contributed by atoms with van der Waals surface area (Å²) < 4.78 is 5.81. The number of oxime groups is 1. The number of aliphatic carboxylic acids is 1. The van der Waals surface area contributed by atoms with Gasteiger partial charge in [0.1, 0.15) is 29.4 Å². The minimum absolute atomic E-state index is 0. The zero-order chi connectivity index (χ0) is 39.5. The number of phenolic OH excluding ortho intramolecular Hbond substituents is 2. The van der Waals surface area contributed by atoms with Crippen molar-refractivity contribution in [3.63, 3.8) is 0 Å². The molecule has 301 valence electrons. The molecule has 3 aliphatic rings. The van der Waals surface area contributed by atoms with Gasteiger partial charge >= 0.3 is 11.9 Å². The number of aromatic nitrogens is 1. The number of carbonyl (C=O) groups excluding carboxylic acids is 4. The van der Waals surface area contributed by atoms with Crippen LogP contribution in [0.3, 0.4) is 0 Å². The number of hydrogen-bond acceptors (Lipinski definition) is 15. The van der Waals surface area contributed by atoms with Crippen molar-refractivity contribution in [1.29, 1.82) is 0 Å². The molecule has 55 heavy (non-hydrogen) atoms. The number of nitrogens with two attached hydrogens (primary N) is 2. The third-order valence-corrected chi connectivity index (χ3v) is 10.6. The molecule has 0 bridgehead atoms.